The molecule has 2 saturated heterocycles. The van der Waals surface area contributed by atoms with Crippen molar-refractivity contribution in [3.8, 4) is 0 Å². The smallest absolute Gasteiger partial charge is 0.328 e. The van der Waals surface area contributed by atoms with Crippen molar-refractivity contribution >= 4 is 17.8 Å². The van der Waals surface area contributed by atoms with Gasteiger partial charge in [-0.05, 0) is 16.7 Å². The molecule has 1 unspecified atom stereocenters. The number of fused-ring (bicyclic) bond motifs is 1. The molecule has 8 nitrogen and oxygen atoms in total. The summed E-state index contributed by atoms with van der Waals surface area (Å²) in [7, 11) is 1.34. The maximum Gasteiger partial charge on any atom is 0.328 e. The monoisotopic (exact) mass is 396 g/mol. The molecule has 1 N–H and O–H groups in total. The Balaban J connectivity index is 1.78. The fraction of sp³-hybridized carbons (Fsp3) is 0.850. The highest BCUT2D eigenvalue weighted by molar-refractivity contribution is 5.93. The Morgan fingerprint density at radius 1 is 1.21 bits per heavy atom. The molecule has 5 atom stereocenters. The van der Waals surface area contributed by atoms with Crippen molar-refractivity contribution in [2.75, 3.05) is 33.5 Å². The van der Waals surface area contributed by atoms with Gasteiger partial charge in [0.25, 0.3) is 5.91 Å². The van der Waals surface area contributed by atoms with Crippen LogP contribution in [0.5, 0.6) is 0 Å². The molecule has 0 aromatic rings. The Kier molecular flexibility index (Phi) is 5.49. The largest absolute Gasteiger partial charge is 0.467 e. The maximum absolute atomic E-state index is 13.4. The molecule has 3 fully saturated rings. The van der Waals surface area contributed by atoms with Gasteiger partial charge in [0, 0.05) is 12.5 Å². The van der Waals surface area contributed by atoms with Crippen molar-refractivity contribution in [1.82, 2.24) is 10.2 Å². The first kappa shape index (κ1) is 21.0. The molecule has 8 heteroatoms. The molecule has 1 aliphatic carbocycles. The van der Waals surface area contributed by atoms with Crippen LogP contribution in [0, 0.1) is 22.7 Å². The summed E-state index contributed by atoms with van der Waals surface area (Å²) in [6.07, 6.45) is -0.728. The van der Waals surface area contributed by atoms with Crippen molar-refractivity contribution in [2.24, 2.45) is 22.7 Å². The van der Waals surface area contributed by atoms with E-state index in [0.717, 1.165) is 0 Å². The number of nitrogens with one attached hydrogen (secondary N) is 1. The van der Waals surface area contributed by atoms with E-state index in [-0.39, 0.29) is 35.7 Å². The molecule has 158 valence electrons. The molecule has 0 spiro atoms. The average molecular weight is 396 g/mol. The Morgan fingerprint density at radius 2 is 1.89 bits per heavy atom. The number of rotatable bonds is 4. The number of esters is 1. The molecular weight excluding hydrogens is 364 g/mol. The molecule has 2 aliphatic heterocycles. The maximum atomic E-state index is 13.4. The van der Waals surface area contributed by atoms with Crippen LogP contribution in [0.15, 0.2) is 0 Å². The van der Waals surface area contributed by atoms with Crippen LogP contribution in [0.3, 0.4) is 0 Å². The van der Waals surface area contributed by atoms with Crippen LogP contribution >= 0.6 is 0 Å². The minimum absolute atomic E-state index is 0.0173. The predicted octanol–water partition coefficient (Wildman–Crippen LogP) is 0.589. The summed E-state index contributed by atoms with van der Waals surface area (Å²) < 4.78 is 15.7. The van der Waals surface area contributed by atoms with E-state index in [0.29, 0.717) is 19.8 Å². The standard InChI is InChI=1S/C20H32N2O6/c1-19(2,3)15(21-16(23)12-10-27-7-8-28-12)17(24)22-9-11-13(20(11,4)5)14(22)18(25)26-6/h11-15H,7-10H2,1-6H3,(H,21,23)/t11-,12?,13-,14-,15+/m0/s1. The molecule has 0 radical (unpaired) electrons. The Bertz CT molecular complexity index is 650. The van der Waals surface area contributed by atoms with Gasteiger partial charge in [0.2, 0.25) is 5.91 Å². The van der Waals surface area contributed by atoms with Crippen LogP contribution in [-0.2, 0) is 28.6 Å². The van der Waals surface area contributed by atoms with Crippen molar-refractivity contribution in [1.29, 1.82) is 0 Å². The second-order valence-electron chi connectivity index (χ2n) is 9.65. The Labute approximate surface area is 166 Å². The van der Waals surface area contributed by atoms with E-state index >= 15 is 0 Å². The lowest BCUT2D eigenvalue weighted by atomic mass is 9.85. The van der Waals surface area contributed by atoms with Crippen molar-refractivity contribution < 1.29 is 28.6 Å². The molecule has 3 aliphatic rings. The van der Waals surface area contributed by atoms with Gasteiger partial charge in [0.15, 0.2) is 6.10 Å². The van der Waals surface area contributed by atoms with E-state index < -0.39 is 29.6 Å². The average Bonchev–Trinajstić information content (AvgIpc) is 2.99. The topological polar surface area (TPSA) is 94.2 Å². The summed E-state index contributed by atoms with van der Waals surface area (Å²) >= 11 is 0. The lowest BCUT2D eigenvalue weighted by Gasteiger charge is -2.37. The van der Waals surface area contributed by atoms with Crippen LogP contribution in [0.4, 0.5) is 0 Å². The summed E-state index contributed by atoms with van der Waals surface area (Å²) in [5.74, 6) is -0.653. The second-order valence-corrected chi connectivity index (χ2v) is 9.65. The van der Waals surface area contributed by atoms with Crippen molar-refractivity contribution in [3.05, 3.63) is 0 Å². The van der Waals surface area contributed by atoms with Crippen LogP contribution in [0.25, 0.3) is 0 Å². The number of nitrogens with zero attached hydrogens (tertiary/aromatic N) is 1. The number of piperidine rings is 1. The number of carbonyl (C=O) groups excluding carboxylic acids is 3. The van der Waals surface area contributed by atoms with Gasteiger partial charge in [0.05, 0.1) is 26.9 Å². The van der Waals surface area contributed by atoms with Crippen LogP contribution in [0.1, 0.15) is 34.6 Å². The first-order valence-corrected chi connectivity index (χ1v) is 9.88. The third-order valence-corrected chi connectivity index (χ3v) is 6.44. The number of methoxy groups -OCH3 is 1. The van der Waals surface area contributed by atoms with Gasteiger partial charge in [0.1, 0.15) is 12.1 Å². The van der Waals surface area contributed by atoms with E-state index in [1.807, 2.05) is 20.8 Å². The summed E-state index contributed by atoms with van der Waals surface area (Å²) in [5.41, 5.74) is -0.519. The SMILES string of the molecule is COC(=O)[C@@H]1[C@@H]2[C@H](CN1C(=O)[C@@H](NC(=O)C1COCCO1)C(C)(C)C)C2(C)C. The van der Waals surface area contributed by atoms with Gasteiger partial charge in [-0.3, -0.25) is 9.59 Å². The van der Waals surface area contributed by atoms with E-state index in [9.17, 15) is 14.4 Å². The fourth-order valence-electron chi connectivity index (χ4n) is 4.59. The number of ether oxygens (including phenoxy) is 3. The number of hydrogen-bond donors (Lipinski definition) is 1. The van der Waals surface area contributed by atoms with Crippen molar-refractivity contribution in [2.45, 2.75) is 52.8 Å². The lowest BCUT2D eigenvalue weighted by Crippen LogP contribution is -2.60. The first-order chi connectivity index (χ1) is 13.0. The predicted molar refractivity (Wildman–Crippen MR) is 100 cm³/mol. The minimum Gasteiger partial charge on any atom is -0.467 e. The molecule has 0 aromatic heterocycles. The van der Waals surface area contributed by atoms with E-state index in [1.165, 1.54) is 7.11 Å². The quantitative estimate of drug-likeness (QED) is 0.699. The molecule has 1 saturated carbocycles. The van der Waals surface area contributed by atoms with Crippen LogP contribution in [-0.4, -0.2) is 74.3 Å². The molecule has 2 amide bonds. The second kappa shape index (κ2) is 7.30. The zero-order valence-electron chi connectivity index (χ0n) is 17.6. The molecule has 0 aromatic carbocycles. The lowest BCUT2D eigenvalue weighted by molar-refractivity contribution is -0.157. The van der Waals surface area contributed by atoms with Crippen molar-refractivity contribution in [3.63, 3.8) is 0 Å². The Hall–Kier alpha value is -1.67. The molecule has 0 bridgehead atoms. The minimum atomic E-state index is -0.779. The number of carbonyl (C=O) groups is 3. The Morgan fingerprint density at radius 3 is 2.43 bits per heavy atom. The van der Waals surface area contributed by atoms with Gasteiger partial charge in [-0.25, -0.2) is 4.79 Å². The van der Waals surface area contributed by atoms with Gasteiger partial charge in [-0.1, -0.05) is 34.6 Å². The van der Waals surface area contributed by atoms with Gasteiger partial charge in [-0.15, -0.1) is 0 Å². The highest BCUT2D eigenvalue weighted by Gasteiger charge is 2.70. The number of likely N-dealkylation sites (tertiary alicyclic amines) is 1. The summed E-state index contributed by atoms with van der Waals surface area (Å²) in [6.45, 7) is 11.4. The summed E-state index contributed by atoms with van der Waals surface area (Å²) in [5, 5.41) is 2.84. The van der Waals surface area contributed by atoms with E-state index in [2.05, 4.69) is 19.2 Å². The first-order valence-electron chi connectivity index (χ1n) is 9.88. The highest BCUT2D eigenvalue weighted by Crippen LogP contribution is 2.65. The molecular formula is C20H32N2O6. The summed E-state index contributed by atoms with van der Waals surface area (Å²) in [4.78, 5) is 40.1. The number of amides is 2. The number of hydrogen-bond acceptors (Lipinski definition) is 6. The van der Waals surface area contributed by atoms with Crippen LogP contribution in [0.2, 0.25) is 0 Å². The third kappa shape index (κ3) is 3.64. The van der Waals surface area contributed by atoms with Crippen LogP contribution < -0.4 is 5.32 Å². The normalized spacial score (nSPS) is 32.3. The highest BCUT2D eigenvalue weighted by atomic mass is 16.6. The zero-order chi connectivity index (χ0) is 20.9. The summed E-state index contributed by atoms with van der Waals surface area (Å²) in [6, 6.07) is -1.38. The third-order valence-electron chi connectivity index (χ3n) is 6.44. The zero-order valence-corrected chi connectivity index (χ0v) is 17.6. The molecule has 3 rings (SSSR count). The van der Waals surface area contributed by atoms with Gasteiger partial charge >= 0.3 is 5.97 Å². The van der Waals surface area contributed by atoms with E-state index in [1.54, 1.807) is 4.90 Å². The fourth-order valence-corrected chi connectivity index (χ4v) is 4.59. The van der Waals surface area contributed by atoms with Gasteiger partial charge < -0.3 is 24.4 Å². The van der Waals surface area contributed by atoms with Gasteiger partial charge in [-0.2, -0.15) is 0 Å². The molecule has 2 heterocycles. The van der Waals surface area contributed by atoms with E-state index in [4.69, 9.17) is 14.2 Å². The molecule has 28 heavy (non-hydrogen) atoms.